The van der Waals surface area contributed by atoms with Gasteiger partial charge in [0.2, 0.25) is 0 Å². The first-order valence-corrected chi connectivity index (χ1v) is 9.01. The Kier molecular flexibility index (Phi) is 3.20. The van der Waals surface area contributed by atoms with Gasteiger partial charge in [-0.2, -0.15) is 0 Å². The summed E-state index contributed by atoms with van der Waals surface area (Å²) in [4.78, 5) is 12.3. The summed E-state index contributed by atoms with van der Waals surface area (Å²) in [5.41, 5.74) is 0.675. The SMILES string of the molecule is CC1=CC(=O)[C@]2(Br)O[C@H]3C[C@](C)(Cl)[C@@H](Br)C[C@]13C2(C)C. The third kappa shape index (κ3) is 1.52. The molecule has 5 heteroatoms. The fourth-order valence-corrected chi connectivity index (χ4v) is 6.02. The van der Waals surface area contributed by atoms with Crippen LogP contribution >= 0.6 is 43.5 Å². The lowest BCUT2D eigenvalue weighted by molar-refractivity contribution is -0.132. The summed E-state index contributed by atoms with van der Waals surface area (Å²) in [5, 5.41) is 0. The van der Waals surface area contributed by atoms with E-state index < -0.39 is 4.51 Å². The van der Waals surface area contributed by atoms with Crippen LogP contribution in [-0.2, 0) is 9.53 Å². The smallest absolute Gasteiger partial charge is 0.198 e. The van der Waals surface area contributed by atoms with E-state index in [1.54, 1.807) is 6.08 Å². The lowest BCUT2D eigenvalue weighted by Crippen LogP contribution is -2.58. The number of ketones is 1. The lowest BCUT2D eigenvalue weighted by atomic mass is 9.51. The first kappa shape index (κ1) is 15.5. The summed E-state index contributed by atoms with van der Waals surface area (Å²) in [6.07, 6.45) is 3.35. The van der Waals surface area contributed by atoms with E-state index in [1.807, 2.05) is 6.92 Å². The molecule has 0 unspecified atom stereocenters. The van der Waals surface area contributed by atoms with Crippen molar-refractivity contribution < 1.29 is 9.53 Å². The fraction of sp³-hybridized carbons (Fsp3) is 0.800. The van der Waals surface area contributed by atoms with E-state index in [9.17, 15) is 4.79 Å². The Morgan fingerprint density at radius 2 is 1.95 bits per heavy atom. The predicted octanol–water partition coefficient (Wildman–Crippen LogP) is 4.57. The van der Waals surface area contributed by atoms with E-state index in [1.165, 1.54) is 0 Å². The molecule has 2 nitrogen and oxygen atoms in total. The number of carbonyl (C=O) groups excluding carboxylic acids is 1. The highest BCUT2D eigenvalue weighted by molar-refractivity contribution is 9.10. The normalized spacial score (nSPS) is 53.5. The number of hydrogen-bond donors (Lipinski definition) is 0. The van der Waals surface area contributed by atoms with Gasteiger partial charge in [0, 0.05) is 15.7 Å². The zero-order valence-electron chi connectivity index (χ0n) is 12.1. The van der Waals surface area contributed by atoms with Crippen molar-refractivity contribution in [2.75, 3.05) is 0 Å². The van der Waals surface area contributed by atoms with Crippen molar-refractivity contribution in [3.05, 3.63) is 11.6 Å². The topological polar surface area (TPSA) is 26.3 Å². The molecule has 2 aliphatic carbocycles. The number of halogens is 3. The van der Waals surface area contributed by atoms with Gasteiger partial charge in [0.25, 0.3) is 0 Å². The van der Waals surface area contributed by atoms with Crippen molar-refractivity contribution in [1.82, 2.24) is 0 Å². The maximum absolute atomic E-state index is 12.5. The van der Waals surface area contributed by atoms with E-state index in [-0.39, 0.29) is 32.4 Å². The van der Waals surface area contributed by atoms with Gasteiger partial charge in [0.1, 0.15) is 0 Å². The molecule has 0 N–H and O–H groups in total. The van der Waals surface area contributed by atoms with E-state index >= 15 is 0 Å². The molecule has 1 saturated heterocycles. The average Bonchev–Trinajstić information content (AvgIpc) is 2.41. The van der Waals surface area contributed by atoms with E-state index in [0.717, 1.165) is 18.4 Å². The fourth-order valence-electron chi connectivity index (χ4n) is 4.41. The van der Waals surface area contributed by atoms with Gasteiger partial charge in [-0.05, 0) is 48.7 Å². The Bertz CT molecular complexity index is 528. The van der Waals surface area contributed by atoms with Crippen molar-refractivity contribution in [2.24, 2.45) is 10.8 Å². The summed E-state index contributed by atoms with van der Waals surface area (Å²) in [6.45, 7) is 8.37. The molecule has 3 rings (SSSR count). The van der Waals surface area contributed by atoms with Gasteiger partial charge in [-0.1, -0.05) is 35.4 Å². The third-order valence-electron chi connectivity index (χ3n) is 5.88. The molecule has 3 aliphatic rings. The van der Waals surface area contributed by atoms with Crippen LogP contribution in [0, 0.1) is 10.8 Å². The minimum Gasteiger partial charge on any atom is -0.351 e. The number of fused-ring (bicyclic) bond motifs is 1. The molecule has 0 aromatic heterocycles. The molecule has 0 aromatic carbocycles. The van der Waals surface area contributed by atoms with Gasteiger partial charge in [0.05, 0.1) is 11.0 Å². The number of alkyl halides is 3. The molecule has 2 bridgehead atoms. The van der Waals surface area contributed by atoms with Crippen LogP contribution in [0.4, 0.5) is 0 Å². The Morgan fingerprint density at radius 3 is 2.55 bits per heavy atom. The van der Waals surface area contributed by atoms with Crippen LogP contribution in [-0.4, -0.2) is 26.1 Å². The maximum Gasteiger partial charge on any atom is 0.198 e. The number of ether oxygens (including phenoxy) is 1. The molecule has 1 saturated carbocycles. The Labute approximate surface area is 141 Å². The van der Waals surface area contributed by atoms with Gasteiger partial charge in [-0.15, -0.1) is 11.6 Å². The largest absolute Gasteiger partial charge is 0.351 e. The Balaban J connectivity index is 2.21. The minimum absolute atomic E-state index is 0.0161. The number of hydrogen-bond acceptors (Lipinski definition) is 2. The lowest BCUT2D eigenvalue weighted by Gasteiger charge is -2.54. The van der Waals surface area contributed by atoms with Gasteiger partial charge in [-0.3, -0.25) is 4.79 Å². The molecule has 0 radical (unpaired) electrons. The molecule has 1 aliphatic heterocycles. The van der Waals surface area contributed by atoms with Crippen LogP contribution in [0.25, 0.3) is 0 Å². The second kappa shape index (κ2) is 4.12. The summed E-state index contributed by atoms with van der Waals surface area (Å²) in [6, 6.07) is 0. The molecule has 1 heterocycles. The van der Waals surface area contributed by atoms with Crippen LogP contribution in [0.5, 0.6) is 0 Å². The second-order valence-corrected chi connectivity index (χ2v) is 10.2. The third-order valence-corrected chi connectivity index (χ3v) is 9.46. The highest BCUT2D eigenvalue weighted by Gasteiger charge is 2.75. The van der Waals surface area contributed by atoms with Crippen molar-refractivity contribution in [1.29, 1.82) is 0 Å². The number of carbonyl (C=O) groups is 1. The van der Waals surface area contributed by atoms with Crippen LogP contribution in [0.2, 0.25) is 0 Å². The molecule has 1 spiro atoms. The summed E-state index contributed by atoms with van der Waals surface area (Å²) in [7, 11) is 0. The number of rotatable bonds is 0. The first-order chi connectivity index (χ1) is 8.99. The van der Waals surface area contributed by atoms with E-state index in [4.69, 9.17) is 16.3 Å². The highest BCUT2D eigenvalue weighted by atomic mass is 79.9. The summed E-state index contributed by atoms with van der Waals surface area (Å²) in [5.74, 6) is 0.0161. The van der Waals surface area contributed by atoms with E-state index in [0.29, 0.717) is 0 Å². The zero-order valence-corrected chi connectivity index (χ0v) is 16.0. The molecule has 112 valence electrons. The van der Waals surface area contributed by atoms with Crippen molar-refractivity contribution in [3.8, 4) is 0 Å². The van der Waals surface area contributed by atoms with Crippen molar-refractivity contribution in [3.63, 3.8) is 0 Å². The monoisotopic (exact) mass is 424 g/mol. The Hall–Kier alpha value is 0.620. The minimum atomic E-state index is -0.922. The Morgan fingerprint density at radius 1 is 1.35 bits per heavy atom. The standard InChI is InChI=1S/C15H19Br2ClO2/c1-8-5-10(19)15(17)12(2,3)14(8)6-9(16)13(4,18)7-11(14)20-15/h5,9,11H,6-7H2,1-4H3/t9-,11-,13-,14-,15-/m0/s1. The van der Waals surface area contributed by atoms with Crippen LogP contribution in [0.3, 0.4) is 0 Å². The molecule has 0 amide bonds. The maximum atomic E-state index is 12.5. The highest BCUT2D eigenvalue weighted by Crippen LogP contribution is 2.71. The van der Waals surface area contributed by atoms with Crippen molar-refractivity contribution >= 4 is 49.2 Å². The van der Waals surface area contributed by atoms with Gasteiger partial charge in [0.15, 0.2) is 10.3 Å². The predicted molar refractivity (Wildman–Crippen MR) is 87.7 cm³/mol. The molecule has 20 heavy (non-hydrogen) atoms. The second-order valence-electron chi connectivity index (χ2n) is 7.14. The van der Waals surface area contributed by atoms with Gasteiger partial charge < -0.3 is 4.74 Å². The molecular formula is C15H19Br2ClO2. The average molecular weight is 427 g/mol. The van der Waals surface area contributed by atoms with Crippen LogP contribution < -0.4 is 0 Å². The molecule has 5 atom stereocenters. The quantitative estimate of drug-likeness (QED) is 0.531. The molecule has 2 fully saturated rings. The van der Waals surface area contributed by atoms with Crippen LogP contribution in [0.1, 0.15) is 40.5 Å². The first-order valence-electron chi connectivity index (χ1n) is 6.92. The zero-order chi connectivity index (χ0) is 15.1. The molecular weight excluding hydrogens is 407 g/mol. The van der Waals surface area contributed by atoms with E-state index in [2.05, 4.69) is 52.6 Å². The van der Waals surface area contributed by atoms with Crippen molar-refractivity contribution in [2.45, 2.75) is 60.9 Å². The summed E-state index contributed by atoms with van der Waals surface area (Å²) >= 11 is 14.0. The summed E-state index contributed by atoms with van der Waals surface area (Å²) < 4.78 is 5.34. The van der Waals surface area contributed by atoms with Crippen LogP contribution in [0.15, 0.2) is 11.6 Å². The van der Waals surface area contributed by atoms with Gasteiger partial charge in [-0.25, -0.2) is 0 Å². The van der Waals surface area contributed by atoms with Gasteiger partial charge >= 0.3 is 0 Å². The molecule has 0 aromatic rings.